The van der Waals surface area contributed by atoms with Crippen LogP contribution in [0.2, 0.25) is 0 Å². The molecule has 2 atom stereocenters. The third-order valence-corrected chi connectivity index (χ3v) is 5.77. The lowest BCUT2D eigenvalue weighted by Gasteiger charge is -2.37. The highest BCUT2D eigenvalue weighted by Gasteiger charge is 2.36. The second kappa shape index (κ2) is 9.43. The van der Waals surface area contributed by atoms with Crippen LogP contribution in [0.25, 0.3) is 11.3 Å². The number of nitrogens with zero attached hydrogens (tertiary/aromatic N) is 2. The molecule has 1 aromatic heterocycles. The molecule has 29 heavy (non-hydrogen) atoms. The van der Waals surface area contributed by atoms with Crippen molar-refractivity contribution in [3.8, 4) is 11.3 Å². The van der Waals surface area contributed by atoms with Crippen LogP contribution in [0.4, 0.5) is 4.79 Å². The molecule has 1 unspecified atom stereocenters. The van der Waals surface area contributed by atoms with Gasteiger partial charge >= 0.3 is 6.09 Å². The van der Waals surface area contributed by atoms with Crippen LogP contribution in [0, 0.1) is 5.92 Å². The van der Waals surface area contributed by atoms with Gasteiger partial charge in [-0.05, 0) is 42.9 Å². The molecule has 0 spiro atoms. The minimum absolute atomic E-state index is 0.0564. The number of alkyl carbamates (subject to hydrolysis) is 1. The van der Waals surface area contributed by atoms with E-state index in [2.05, 4.69) is 31.2 Å². The van der Waals surface area contributed by atoms with Crippen LogP contribution >= 0.6 is 15.9 Å². The molecular formula is C21H27BrN4O3. The van der Waals surface area contributed by atoms with E-state index in [0.717, 1.165) is 40.8 Å². The minimum Gasteiger partial charge on any atom is -0.453 e. The number of carbonyl (C=O) groups is 2. The topological polar surface area (TPSA) is 87.3 Å². The Bertz CT molecular complexity index is 850. The van der Waals surface area contributed by atoms with Gasteiger partial charge in [0.1, 0.15) is 11.9 Å². The minimum atomic E-state index is -0.635. The van der Waals surface area contributed by atoms with Gasteiger partial charge in [-0.15, -0.1) is 0 Å². The van der Waals surface area contributed by atoms with E-state index in [0.29, 0.717) is 6.54 Å². The maximum atomic E-state index is 13.3. The Morgan fingerprint density at radius 1 is 1.28 bits per heavy atom. The predicted octanol–water partition coefficient (Wildman–Crippen LogP) is 4.27. The van der Waals surface area contributed by atoms with Gasteiger partial charge in [-0.3, -0.25) is 4.79 Å². The third-order valence-electron chi connectivity index (χ3n) is 5.24. The maximum Gasteiger partial charge on any atom is 0.407 e. The first-order chi connectivity index (χ1) is 13.9. The van der Waals surface area contributed by atoms with Crippen molar-refractivity contribution in [3.63, 3.8) is 0 Å². The third kappa shape index (κ3) is 4.98. The van der Waals surface area contributed by atoms with Crippen LogP contribution in [0.1, 0.15) is 45.0 Å². The number of nitrogens with one attached hydrogen (secondary N) is 2. The molecule has 2 aromatic rings. The van der Waals surface area contributed by atoms with Gasteiger partial charge in [0, 0.05) is 11.0 Å². The van der Waals surface area contributed by atoms with Gasteiger partial charge in [-0.25, -0.2) is 9.78 Å². The molecule has 3 rings (SSSR count). The van der Waals surface area contributed by atoms with Crippen LogP contribution in [0.5, 0.6) is 0 Å². The summed E-state index contributed by atoms with van der Waals surface area (Å²) in [6, 6.07) is 7.22. The molecule has 2 amide bonds. The molecule has 0 saturated carbocycles. The van der Waals surface area contributed by atoms with Gasteiger partial charge < -0.3 is 19.9 Å². The average Bonchev–Trinajstić information content (AvgIpc) is 3.21. The van der Waals surface area contributed by atoms with E-state index in [-0.39, 0.29) is 17.9 Å². The zero-order valence-corrected chi connectivity index (χ0v) is 18.5. The number of rotatable bonds is 5. The van der Waals surface area contributed by atoms with Gasteiger partial charge in [-0.1, -0.05) is 41.9 Å². The molecule has 0 bridgehead atoms. The number of hydrogen-bond donors (Lipinski definition) is 2. The summed E-state index contributed by atoms with van der Waals surface area (Å²) >= 11 is 3.45. The number of aromatic nitrogens is 2. The molecule has 7 nitrogen and oxygen atoms in total. The summed E-state index contributed by atoms with van der Waals surface area (Å²) in [7, 11) is 1.30. The first-order valence-corrected chi connectivity index (χ1v) is 10.7. The van der Waals surface area contributed by atoms with Gasteiger partial charge in [0.15, 0.2) is 0 Å². The van der Waals surface area contributed by atoms with Gasteiger partial charge in [0.25, 0.3) is 0 Å². The largest absolute Gasteiger partial charge is 0.453 e. The number of aromatic amines is 1. The lowest BCUT2D eigenvalue weighted by molar-refractivity contribution is -0.138. The van der Waals surface area contributed by atoms with Crippen LogP contribution in [-0.4, -0.2) is 46.6 Å². The van der Waals surface area contributed by atoms with Crippen LogP contribution in [0.3, 0.4) is 0 Å². The standard InChI is InChI=1S/C21H27BrN4O3/c1-13(2)18(25-21(28)29-3)20(27)26-11-5-4-6-17(26)19-23-12-16(24-19)14-7-9-15(22)10-8-14/h7-10,12-13,17-18H,4-6,11H2,1-3H3,(H,23,24)(H,25,28)/t17-,18?/m0/s1. The van der Waals surface area contributed by atoms with Gasteiger partial charge in [0.05, 0.1) is 25.0 Å². The summed E-state index contributed by atoms with van der Waals surface area (Å²) < 4.78 is 5.71. The molecule has 1 saturated heterocycles. The summed E-state index contributed by atoms with van der Waals surface area (Å²) in [6.07, 6.45) is 4.01. The van der Waals surface area contributed by atoms with E-state index >= 15 is 0 Å². The molecule has 0 aliphatic carbocycles. The van der Waals surface area contributed by atoms with E-state index in [1.807, 2.05) is 49.2 Å². The Labute approximate surface area is 179 Å². The van der Waals surface area contributed by atoms with E-state index in [1.54, 1.807) is 0 Å². The molecule has 8 heteroatoms. The van der Waals surface area contributed by atoms with E-state index in [9.17, 15) is 9.59 Å². The molecule has 1 aliphatic heterocycles. The van der Waals surface area contributed by atoms with E-state index in [4.69, 9.17) is 4.74 Å². The molecule has 0 radical (unpaired) electrons. The second-order valence-corrected chi connectivity index (χ2v) is 8.51. The number of benzene rings is 1. The fourth-order valence-electron chi connectivity index (χ4n) is 3.64. The van der Waals surface area contributed by atoms with Gasteiger partial charge in [0.2, 0.25) is 5.91 Å². The summed E-state index contributed by atoms with van der Waals surface area (Å²) in [5.74, 6) is 0.618. The number of halogens is 1. The summed E-state index contributed by atoms with van der Waals surface area (Å²) in [5, 5.41) is 2.68. The van der Waals surface area contributed by atoms with Gasteiger partial charge in [-0.2, -0.15) is 0 Å². The number of piperidine rings is 1. The van der Waals surface area contributed by atoms with Crippen LogP contribution < -0.4 is 5.32 Å². The highest BCUT2D eigenvalue weighted by molar-refractivity contribution is 9.10. The monoisotopic (exact) mass is 462 g/mol. The first-order valence-electron chi connectivity index (χ1n) is 9.86. The predicted molar refractivity (Wildman–Crippen MR) is 114 cm³/mol. The van der Waals surface area contributed by atoms with Crippen molar-refractivity contribution in [2.24, 2.45) is 5.92 Å². The Kier molecular flexibility index (Phi) is 6.95. The number of likely N-dealkylation sites (tertiary alicyclic amines) is 1. The Hall–Kier alpha value is -2.35. The number of ether oxygens (including phenoxy) is 1. The molecule has 1 fully saturated rings. The molecule has 1 aliphatic rings. The van der Waals surface area contributed by atoms with Crippen molar-refractivity contribution >= 4 is 27.9 Å². The maximum absolute atomic E-state index is 13.3. The van der Waals surface area contributed by atoms with E-state index in [1.165, 1.54) is 7.11 Å². The number of carbonyl (C=O) groups excluding carboxylic acids is 2. The number of H-pyrrole nitrogens is 1. The molecule has 2 N–H and O–H groups in total. The smallest absolute Gasteiger partial charge is 0.407 e. The average molecular weight is 463 g/mol. The van der Waals surface area contributed by atoms with Crippen molar-refractivity contribution in [3.05, 3.63) is 40.8 Å². The quantitative estimate of drug-likeness (QED) is 0.693. The molecule has 2 heterocycles. The first kappa shape index (κ1) is 21.4. The Balaban J connectivity index is 1.83. The normalized spacial score (nSPS) is 17.8. The van der Waals surface area contributed by atoms with Crippen molar-refractivity contribution in [2.45, 2.75) is 45.2 Å². The zero-order valence-electron chi connectivity index (χ0n) is 16.9. The summed E-state index contributed by atoms with van der Waals surface area (Å²) in [6.45, 7) is 4.47. The van der Waals surface area contributed by atoms with Crippen molar-refractivity contribution in [2.75, 3.05) is 13.7 Å². The summed E-state index contributed by atoms with van der Waals surface area (Å²) in [5.41, 5.74) is 1.95. The fraction of sp³-hybridized carbons (Fsp3) is 0.476. The van der Waals surface area contributed by atoms with Crippen molar-refractivity contribution < 1.29 is 14.3 Å². The van der Waals surface area contributed by atoms with Crippen LogP contribution in [0.15, 0.2) is 34.9 Å². The number of methoxy groups -OCH3 is 1. The number of hydrogen-bond acceptors (Lipinski definition) is 4. The van der Waals surface area contributed by atoms with E-state index < -0.39 is 12.1 Å². The second-order valence-electron chi connectivity index (χ2n) is 7.59. The Morgan fingerprint density at radius 3 is 2.66 bits per heavy atom. The molecular weight excluding hydrogens is 436 g/mol. The summed E-state index contributed by atoms with van der Waals surface area (Å²) in [4.78, 5) is 34.8. The SMILES string of the molecule is COC(=O)NC(C(=O)N1CCCC[C@H]1c1ncc(-c2ccc(Br)cc2)[nH]1)C(C)C. The lowest BCUT2D eigenvalue weighted by Crippen LogP contribution is -2.53. The number of amides is 2. The van der Waals surface area contributed by atoms with Crippen molar-refractivity contribution in [1.29, 1.82) is 0 Å². The molecule has 156 valence electrons. The van der Waals surface area contributed by atoms with Crippen LogP contribution in [-0.2, 0) is 9.53 Å². The fourth-order valence-corrected chi connectivity index (χ4v) is 3.90. The number of imidazole rings is 1. The molecule has 1 aromatic carbocycles. The van der Waals surface area contributed by atoms with Crippen molar-refractivity contribution in [1.82, 2.24) is 20.2 Å². The highest BCUT2D eigenvalue weighted by Crippen LogP contribution is 2.32. The highest BCUT2D eigenvalue weighted by atomic mass is 79.9. The zero-order chi connectivity index (χ0) is 21.0. The Morgan fingerprint density at radius 2 is 2.00 bits per heavy atom. The lowest BCUT2D eigenvalue weighted by atomic mass is 9.97.